The van der Waals surface area contributed by atoms with Crippen LogP contribution in [0.15, 0.2) is 72.8 Å². The molecule has 3 rings (SSSR count). The number of benzene rings is 3. The number of amides is 1. The Morgan fingerprint density at radius 3 is 2.03 bits per heavy atom. The second kappa shape index (κ2) is 10.5. The van der Waals surface area contributed by atoms with Crippen LogP contribution in [0.2, 0.25) is 0 Å². The van der Waals surface area contributed by atoms with E-state index in [0.717, 1.165) is 11.3 Å². The minimum Gasteiger partial charge on any atom is -0.482 e. The summed E-state index contributed by atoms with van der Waals surface area (Å²) in [6, 6.07) is 22.8. The molecule has 0 bridgehead atoms. The molecule has 0 fully saturated rings. The number of carbonyl (C=O) groups excluding carboxylic acids is 2. The van der Waals surface area contributed by atoms with Crippen molar-refractivity contribution in [3.05, 3.63) is 83.9 Å². The van der Waals surface area contributed by atoms with E-state index in [1.807, 2.05) is 37.3 Å². The van der Waals surface area contributed by atoms with Gasteiger partial charge in [-0.3, -0.25) is 4.79 Å². The van der Waals surface area contributed by atoms with Crippen LogP contribution in [-0.2, 0) is 14.3 Å². The second-order valence-electron chi connectivity index (χ2n) is 6.57. The first kappa shape index (κ1) is 21.4. The van der Waals surface area contributed by atoms with Crippen LogP contribution < -0.4 is 14.8 Å². The molecule has 0 spiro atoms. The van der Waals surface area contributed by atoms with E-state index >= 15 is 0 Å². The number of hydrogen-bond donors (Lipinski definition) is 1. The van der Waals surface area contributed by atoms with Crippen LogP contribution in [-0.4, -0.2) is 25.1 Å². The third-order valence-corrected chi connectivity index (χ3v) is 4.10. The molecule has 0 unspecified atom stereocenters. The normalized spacial score (nSPS) is 9.94. The third kappa shape index (κ3) is 6.91. The van der Waals surface area contributed by atoms with Crippen LogP contribution in [0.3, 0.4) is 0 Å². The van der Waals surface area contributed by atoms with Gasteiger partial charge in [-0.2, -0.15) is 5.26 Å². The number of nitriles is 1. The highest BCUT2D eigenvalue weighted by Crippen LogP contribution is 2.23. The topological polar surface area (TPSA) is 97.7 Å². The Kier molecular flexibility index (Phi) is 7.22. The molecule has 7 nitrogen and oxygen atoms in total. The second-order valence-corrected chi connectivity index (χ2v) is 6.57. The highest BCUT2D eigenvalue weighted by molar-refractivity contribution is 5.92. The lowest BCUT2D eigenvalue weighted by Crippen LogP contribution is -2.23. The minimum atomic E-state index is -0.679. The van der Waals surface area contributed by atoms with Crippen molar-refractivity contribution in [2.75, 3.05) is 18.5 Å². The molecule has 0 aliphatic rings. The maximum Gasteiger partial charge on any atom is 0.344 e. The fraction of sp³-hybridized carbons (Fsp3) is 0.125. The number of hydrogen-bond acceptors (Lipinski definition) is 6. The summed E-state index contributed by atoms with van der Waals surface area (Å²) < 4.78 is 15.9. The molecule has 0 radical (unpaired) electrons. The predicted molar refractivity (Wildman–Crippen MR) is 114 cm³/mol. The van der Waals surface area contributed by atoms with Crippen LogP contribution in [0.1, 0.15) is 11.1 Å². The minimum absolute atomic E-state index is 0.343. The average molecular weight is 416 g/mol. The Morgan fingerprint density at radius 2 is 1.42 bits per heavy atom. The molecule has 7 heteroatoms. The number of nitrogens with zero attached hydrogens (tertiary/aromatic N) is 1. The Morgan fingerprint density at radius 1 is 0.839 bits per heavy atom. The summed E-state index contributed by atoms with van der Waals surface area (Å²) in [6.07, 6.45) is 0. The monoisotopic (exact) mass is 416 g/mol. The summed E-state index contributed by atoms with van der Waals surface area (Å²) in [5, 5.41) is 11.4. The van der Waals surface area contributed by atoms with E-state index in [9.17, 15) is 9.59 Å². The van der Waals surface area contributed by atoms with E-state index in [-0.39, 0.29) is 6.61 Å². The van der Waals surface area contributed by atoms with Gasteiger partial charge in [-0.15, -0.1) is 0 Å². The van der Waals surface area contributed by atoms with E-state index in [1.165, 1.54) is 0 Å². The van der Waals surface area contributed by atoms with Gasteiger partial charge < -0.3 is 19.5 Å². The SMILES string of the molecule is Cc1ccc(Oc2ccc(NC(=O)COC(=O)COc3ccc(C#N)cc3)cc2)cc1. The summed E-state index contributed by atoms with van der Waals surface area (Å²) in [6.45, 7) is 1.22. The zero-order valence-electron chi connectivity index (χ0n) is 16.8. The van der Waals surface area contributed by atoms with Gasteiger partial charge in [0.15, 0.2) is 13.2 Å². The van der Waals surface area contributed by atoms with Gasteiger partial charge in [0.1, 0.15) is 17.2 Å². The standard InChI is InChI=1S/C24H20N2O5/c1-17-2-8-21(9-3-17)31-22-12-6-19(7-13-22)26-23(27)15-30-24(28)16-29-20-10-4-18(14-25)5-11-20/h2-13H,15-16H2,1H3,(H,26,27). The van der Waals surface area contributed by atoms with Gasteiger partial charge in [-0.1, -0.05) is 17.7 Å². The van der Waals surface area contributed by atoms with Crippen molar-refractivity contribution >= 4 is 17.6 Å². The van der Waals surface area contributed by atoms with E-state index in [2.05, 4.69) is 5.32 Å². The number of esters is 1. The summed E-state index contributed by atoms with van der Waals surface area (Å²) in [5.74, 6) is 0.624. The molecule has 0 heterocycles. The first-order valence-corrected chi connectivity index (χ1v) is 9.45. The van der Waals surface area contributed by atoms with Crippen molar-refractivity contribution in [2.45, 2.75) is 6.92 Å². The molecule has 0 aromatic heterocycles. The fourth-order valence-electron chi connectivity index (χ4n) is 2.50. The maximum atomic E-state index is 12.0. The third-order valence-electron chi connectivity index (χ3n) is 4.10. The summed E-state index contributed by atoms with van der Waals surface area (Å²) in [7, 11) is 0. The lowest BCUT2D eigenvalue weighted by Gasteiger charge is -2.09. The van der Waals surface area contributed by atoms with E-state index in [0.29, 0.717) is 22.7 Å². The Balaban J connectivity index is 1.40. The quantitative estimate of drug-likeness (QED) is 0.552. The highest BCUT2D eigenvalue weighted by Gasteiger charge is 2.09. The first-order valence-electron chi connectivity index (χ1n) is 9.45. The van der Waals surface area contributed by atoms with Crippen LogP contribution in [0.25, 0.3) is 0 Å². The number of ether oxygens (including phenoxy) is 3. The van der Waals surface area contributed by atoms with Crippen molar-refractivity contribution in [1.82, 2.24) is 0 Å². The predicted octanol–water partition coefficient (Wildman–Crippen LogP) is 4.22. The molecule has 0 saturated carbocycles. The van der Waals surface area contributed by atoms with Crippen molar-refractivity contribution in [2.24, 2.45) is 0 Å². The molecule has 156 valence electrons. The number of carbonyl (C=O) groups is 2. The van der Waals surface area contributed by atoms with E-state index in [1.54, 1.807) is 48.5 Å². The zero-order valence-corrected chi connectivity index (χ0v) is 16.8. The van der Waals surface area contributed by atoms with Crippen molar-refractivity contribution in [3.63, 3.8) is 0 Å². The molecular weight excluding hydrogens is 396 g/mol. The molecular formula is C24H20N2O5. The molecule has 1 N–H and O–H groups in total. The summed E-state index contributed by atoms with van der Waals surface area (Å²) >= 11 is 0. The first-order chi connectivity index (χ1) is 15.0. The summed E-state index contributed by atoms with van der Waals surface area (Å²) in [4.78, 5) is 23.7. The highest BCUT2D eigenvalue weighted by atomic mass is 16.6. The van der Waals surface area contributed by atoms with Crippen LogP contribution in [0.5, 0.6) is 17.2 Å². The Hall–Kier alpha value is -4.31. The van der Waals surface area contributed by atoms with Crippen LogP contribution in [0, 0.1) is 18.3 Å². The van der Waals surface area contributed by atoms with Crippen molar-refractivity contribution < 1.29 is 23.8 Å². The van der Waals surface area contributed by atoms with Gasteiger partial charge in [0.2, 0.25) is 0 Å². The van der Waals surface area contributed by atoms with Gasteiger partial charge in [-0.05, 0) is 67.6 Å². The van der Waals surface area contributed by atoms with Crippen LogP contribution in [0.4, 0.5) is 5.69 Å². The molecule has 3 aromatic rings. The summed E-state index contributed by atoms with van der Waals surface area (Å²) in [5.41, 5.74) is 2.18. The lowest BCUT2D eigenvalue weighted by atomic mass is 10.2. The Labute approximate surface area is 179 Å². The van der Waals surface area contributed by atoms with Crippen molar-refractivity contribution in [1.29, 1.82) is 5.26 Å². The van der Waals surface area contributed by atoms with Gasteiger partial charge in [0, 0.05) is 5.69 Å². The smallest absolute Gasteiger partial charge is 0.344 e. The van der Waals surface area contributed by atoms with Gasteiger partial charge >= 0.3 is 5.97 Å². The number of nitrogens with one attached hydrogen (secondary N) is 1. The van der Waals surface area contributed by atoms with Crippen LogP contribution >= 0.6 is 0 Å². The number of anilines is 1. The van der Waals surface area contributed by atoms with Gasteiger partial charge in [0.25, 0.3) is 5.91 Å². The molecule has 0 atom stereocenters. The molecule has 3 aromatic carbocycles. The zero-order chi connectivity index (χ0) is 22.1. The van der Waals surface area contributed by atoms with Crippen molar-refractivity contribution in [3.8, 4) is 23.3 Å². The van der Waals surface area contributed by atoms with E-state index in [4.69, 9.17) is 19.5 Å². The molecule has 0 aliphatic heterocycles. The number of rotatable bonds is 8. The fourth-order valence-corrected chi connectivity index (χ4v) is 2.50. The maximum absolute atomic E-state index is 12.0. The Bertz CT molecular complexity index is 1070. The van der Waals surface area contributed by atoms with E-state index < -0.39 is 18.5 Å². The van der Waals surface area contributed by atoms with Gasteiger partial charge in [-0.25, -0.2) is 4.79 Å². The molecule has 0 aliphatic carbocycles. The molecule has 1 amide bonds. The molecule has 0 saturated heterocycles. The largest absolute Gasteiger partial charge is 0.482 e. The lowest BCUT2D eigenvalue weighted by molar-refractivity contribution is -0.149. The molecule has 31 heavy (non-hydrogen) atoms. The van der Waals surface area contributed by atoms with Gasteiger partial charge in [0.05, 0.1) is 11.6 Å². The average Bonchev–Trinajstić information content (AvgIpc) is 2.79. The number of aryl methyl sites for hydroxylation is 1.